The average Bonchev–Trinajstić information content (AvgIpc) is 2.43. The van der Waals surface area contributed by atoms with Crippen LogP contribution >= 0.6 is 15.9 Å². The van der Waals surface area contributed by atoms with E-state index in [0.29, 0.717) is 12.5 Å². The molecule has 1 unspecified atom stereocenters. The Morgan fingerprint density at radius 1 is 1.60 bits per heavy atom. The number of carbonyl (C=O) groups is 1. The van der Waals surface area contributed by atoms with Crippen molar-refractivity contribution >= 4 is 21.8 Å². The minimum absolute atomic E-state index is 0.122. The fraction of sp³-hybridized carbons (Fsp3) is 0.727. The summed E-state index contributed by atoms with van der Waals surface area (Å²) in [6, 6.07) is 0. The SMILES string of the molecule is CC(C)C1CN(C(=O)C#CBr)CCCO1. The third-order valence-electron chi connectivity index (χ3n) is 2.49. The van der Waals surface area contributed by atoms with Crippen LogP contribution in [0.3, 0.4) is 0 Å². The van der Waals surface area contributed by atoms with Crippen molar-refractivity contribution in [3.63, 3.8) is 0 Å². The molecule has 1 rings (SSSR count). The molecule has 1 atom stereocenters. The summed E-state index contributed by atoms with van der Waals surface area (Å²) in [5, 5.41) is 0. The smallest absolute Gasteiger partial charge is 0.299 e. The lowest BCUT2D eigenvalue weighted by atomic mass is 10.1. The first kappa shape index (κ1) is 12.5. The number of rotatable bonds is 1. The van der Waals surface area contributed by atoms with Gasteiger partial charge in [0.25, 0.3) is 5.91 Å². The highest BCUT2D eigenvalue weighted by molar-refractivity contribution is 9.12. The van der Waals surface area contributed by atoms with Gasteiger partial charge in [-0.15, -0.1) is 0 Å². The van der Waals surface area contributed by atoms with Crippen LogP contribution in [0.5, 0.6) is 0 Å². The zero-order valence-corrected chi connectivity index (χ0v) is 10.7. The molecule has 0 aromatic heterocycles. The maximum atomic E-state index is 11.6. The molecule has 0 radical (unpaired) electrons. The normalized spacial score (nSPS) is 21.9. The molecule has 84 valence electrons. The van der Waals surface area contributed by atoms with Crippen molar-refractivity contribution in [2.24, 2.45) is 5.92 Å². The third-order valence-corrected chi connectivity index (χ3v) is 2.69. The van der Waals surface area contributed by atoms with Crippen LogP contribution in [0, 0.1) is 16.7 Å². The van der Waals surface area contributed by atoms with Crippen molar-refractivity contribution in [2.45, 2.75) is 26.4 Å². The van der Waals surface area contributed by atoms with Gasteiger partial charge in [0.2, 0.25) is 0 Å². The van der Waals surface area contributed by atoms with Crippen molar-refractivity contribution in [2.75, 3.05) is 19.7 Å². The van der Waals surface area contributed by atoms with Crippen molar-refractivity contribution < 1.29 is 9.53 Å². The highest BCUT2D eigenvalue weighted by Crippen LogP contribution is 2.13. The van der Waals surface area contributed by atoms with E-state index < -0.39 is 0 Å². The molecule has 1 saturated heterocycles. The van der Waals surface area contributed by atoms with E-state index >= 15 is 0 Å². The Bertz CT molecular complexity index is 280. The van der Waals surface area contributed by atoms with Crippen LogP contribution in [-0.4, -0.2) is 36.6 Å². The zero-order chi connectivity index (χ0) is 11.3. The monoisotopic (exact) mass is 273 g/mol. The Morgan fingerprint density at radius 3 is 2.93 bits per heavy atom. The minimum atomic E-state index is -0.122. The molecule has 0 bridgehead atoms. The summed E-state index contributed by atoms with van der Waals surface area (Å²) in [4.78, 5) is 15.8. The van der Waals surface area contributed by atoms with E-state index in [-0.39, 0.29) is 12.0 Å². The minimum Gasteiger partial charge on any atom is -0.376 e. The summed E-state index contributed by atoms with van der Waals surface area (Å²) < 4.78 is 5.67. The number of ether oxygens (including phenoxy) is 1. The molecule has 0 N–H and O–H groups in total. The number of nitrogens with zero attached hydrogens (tertiary/aromatic N) is 1. The quantitative estimate of drug-likeness (QED) is 0.680. The van der Waals surface area contributed by atoms with Crippen LogP contribution in [0.25, 0.3) is 0 Å². The predicted molar refractivity (Wildman–Crippen MR) is 62.5 cm³/mol. The van der Waals surface area contributed by atoms with Crippen molar-refractivity contribution in [3.05, 3.63) is 0 Å². The first-order valence-corrected chi connectivity index (χ1v) is 5.96. The molecule has 1 heterocycles. The first-order valence-electron chi connectivity index (χ1n) is 5.17. The Kier molecular flexibility index (Phi) is 5.13. The van der Waals surface area contributed by atoms with Gasteiger partial charge in [-0.05, 0) is 17.2 Å². The maximum absolute atomic E-state index is 11.6. The highest BCUT2D eigenvalue weighted by atomic mass is 79.9. The topological polar surface area (TPSA) is 29.5 Å². The van der Waals surface area contributed by atoms with Crippen molar-refractivity contribution in [1.29, 1.82) is 0 Å². The number of hydrogen-bond donors (Lipinski definition) is 0. The van der Waals surface area contributed by atoms with Crippen LogP contribution in [0.1, 0.15) is 20.3 Å². The summed E-state index contributed by atoms with van der Waals surface area (Å²) >= 11 is 2.94. The van der Waals surface area contributed by atoms with Crippen LogP contribution in [-0.2, 0) is 9.53 Å². The van der Waals surface area contributed by atoms with E-state index in [9.17, 15) is 4.79 Å². The molecule has 0 saturated carbocycles. The Hall–Kier alpha value is -0.530. The number of halogens is 1. The molecule has 3 nitrogen and oxygen atoms in total. The summed E-state index contributed by atoms with van der Waals surface area (Å²) in [5.74, 6) is 2.80. The molecular formula is C11H16BrNO2. The van der Waals surface area contributed by atoms with E-state index in [4.69, 9.17) is 4.74 Å². The second-order valence-corrected chi connectivity index (χ2v) is 4.37. The second kappa shape index (κ2) is 6.14. The highest BCUT2D eigenvalue weighted by Gasteiger charge is 2.23. The predicted octanol–water partition coefficient (Wildman–Crippen LogP) is 1.62. The standard InChI is InChI=1S/C11H16BrNO2/c1-9(2)10-8-13(6-3-7-15-10)11(14)4-5-12/h9-10H,3,6-8H2,1-2H3. The van der Waals surface area contributed by atoms with E-state index in [0.717, 1.165) is 19.6 Å². The van der Waals surface area contributed by atoms with Gasteiger partial charge >= 0.3 is 0 Å². The number of carbonyl (C=O) groups excluding carboxylic acids is 1. The van der Waals surface area contributed by atoms with E-state index in [1.54, 1.807) is 4.90 Å². The number of hydrogen-bond acceptors (Lipinski definition) is 2. The second-order valence-electron chi connectivity index (χ2n) is 3.98. The zero-order valence-electron chi connectivity index (χ0n) is 9.12. The van der Waals surface area contributed by atoms with Crippen LogP contribution in [0.15, 0.2) is 0 Å². The Balaban J connectivity index is 2.63. The Labute approximate surface area is 99.3 Å². The van der Waals surface area contributed by atoms with Gasteiger partial charge in [0.05, 0.1) is 6.10 Å². The largest absolute Gasteiger partial charge is 0.376 e. The summed E-state index contributed by atoms with van der Waals surface area (Å²) in [7, 11) is 0. The molecule has 0 spiro atoms. The molecular weight excluding hydrogens is 258 g/mol. The van der Waals surface area contributed by atoms with Crippen molar-refractivity contribution in [1.82, 2.24) is 4.90 Å². The first-order chi connectivity index (χ1) is 7.15. The lowest BCUT2D eigenvalue weighted by Crippen LogP contribution is -2.38. The average molecular weight is 274 g/mol. The fourth-order valence-electron chi connectivity index (χ4n) is 1.56. The molecule has 0 aromatic carbocycles. The Morgan fingerprint density at radius 2 is 2.33 bits per heavy atom. The van der Waals surface area contributed by atoms with Crippen LogP contribution in [0.4, 0.5) is 0 Å². The summed E-state index contributed by atoms with van der Waals surface area (Å²) in [6.07, 6.45) is 1.02. The third kappa shape index (κ3) is 3.84. The molecule has 1 aliphatic rings. The molecule has 4 heteroatoms. The van der Waals surface area contributed by atoms with Gasteiger partial charge in [0.1, 0.15) is 0 Å². The van der Waals surface area contributed by atoms with Gasteiger partial charge < -0.3 is 9.64 Å². The van der Waals surface area contributed by atoms with Gasteiger partial charge in [0.15, 0.2) is 0 Å². The van der Waals surface area contributed by atoms with Crippen LogP contribution < -0.4 is 0 Å². The molecule has 1 fully saturated rings. The molecule has 0 aliphatic carbocycles. The lowest BCUT2D eigenvalue weighted by Gasteiger charge is -2.24. The van der Waals surface area contributed by atoms with Gasteiger partial charge in [0, 0.05) is 41.5 Å². The summed E-state index contributed by atoms with van der Waals surface area (Å²) in [6.45, 7) is 6.33. The lowest BCUT2D eigenvalue weighted by molar-refractivity contribution is -0.126. The van der Waals surface area contributed by atoms with E-state index in [1.807, 2.05) is 0 Å². The molecule has 15 heavy (non-hydrogen) atoms. The number of amides is 1. The van der Waals surface area contributed by atoms with Gasteiger partial charge in [-0.1, -0.05) is 13.8 Å². The molecule has 0 aromatic rings. The maximum Gasteiger partial charge on any atom is 0.299 e. The van der Waals surface area contributed by atoms with E-state index in [2.05, 4.69) is 40.5 Å². The van der Waals surface area contributed by atoms with Gasteiger partial charge in [-0.3, -0.25) is 4.79 Å². The van der Waals surface area contributed by atoms with Crippen molar-refractivity contribution in [3.8, 4) is 10.8 Å². The van der Waals surface area contributed by atoms with E-state index in [1.165, 1.54) is 0 Å². The van der Waals surface area contributed by atoms with Gasteiger partial charge in [-0.25, -0.2) is 0 Å². The van der Waals surface area contributed by atoms with Gasteiger partial charge in [-0.2, -0.15) is 0 Å². The van der Waals surface area contributed by atoms with Crippen LogP contribution in [0.2, 0.25) is 0 Å². The summed E-state index contributed by atoms with van der Waals surface area (Å²) in [5.41, 5.74) is 0. The molecule has 1 aliphatic heterocycles. The molecule has 1 amide bonds. The fourth-order valence-corrected chi connectivity index (χ4v) is 1.73.